The van der Waals surface area contributed by atoms with Gasteiger partial charge in [-0.05, 0) is 42.5 Å². The van der Waals surface area contributed by atoms with E-state index in [0.717, 1.165) is 12.0 Å². The van der Waals surface area contributed by atoms with Gasteiger partial charge in [0.1, 0.15) is 5.82 Å². The van der Waals surface area contributed by atoms with E-state index in [0.29, 0.717) is 17.0 Å². The lowest BCUT2D eigenvalue weighted by atomic mass is 10.0. The van der Waals surface area contributed by atoms with E-state index >= 15 is 0 Å². The highest BCUT2D eigenvalue weighted by Crippen LogP contribution is 2.31. The third-order valence-corrected chi connectivity index (χ3v) is 4.81. The maximum absolute atomic E-state index is 13.8. The van der Waals surface area contributed by atoms with Crippen LogP contribution in [0, 0.1) is 5.82 Å². The van der Waals surface area contributed by atoms with Crippen LogP contribution in [-0.2, 0) is 12.8 Å². The zero-order valence-electron chi connectivity index (χ0n) is 12.1. The summed E-state index contributed by atoms with van der Waals surface area (Å²) in [5.41, 5.74) is 3.06. The average molecular weight is 370 g/mol. The summed E-state index contributed by atoms with van der Waals surface area (Å²) in [5.74, 6) is -0.244. The second-order valence-corrected chi connectivity index (χ2v) is 6.73. The molecular formula is C18H19BrClF. The molecule has 2 rings (SSSR count). The third-order valence-electron chi connectivity index (χ3n) is 3.61. The molecule has 0 saturated carbocycles. The minimum absolute atomic E-state index is 0.0622. The minimum atomic E-state index is -0.244. The van der Waals surface area contributed by atoms with Gasteiger partial charge in [0.2, 0.25) is 0 Å². The van der Waals surface area contributed by atoms with Gasteiger partial charge in [-0.3, -0.25) is 0 Å². The molecule has 2 aromatic rings. The van der Waals surface area contributed by atoms with Gasteiger partial charge in [0.15, 0.2) is 0 Å². The Kier molecular flexibility index (Phi) is 6.25. The Labute approximate surface area is 139 Å². The van der Waals surface area contributed by atoms with Crippen LogP contribution >= 0.6 is 27.5 Å². The summed E-state index contributed by atoms with van der Waals surface area (Å²) in [4.78, 5) is 0.0622. The molecule has 0 saturated heterocycles. The van der Waals surface area contributed by atoms with Gasteiger partial charge >= 0.3 is 0 Å². The van der Waals surface area contributed by atoms with Crippen LogP contribution in [-0.4, -0.2) is 0 Å². The lowest BCUT2D eigenvalue weighted by Crippen LogP contribution is -1.99. The van der Waals surface area contributed by atoms with Crippen LogP contribution in [0.1, 0.15) is 41.3 Å². The van der Waals surface area contributed by atoms with E-state index in [1.165, 1.54) is 24.5 Å². The summed E-state index contributed by atoms with van der Waals surface area (Å²) in [5, 5.41) is 0.485. The topological polar surface area (TPSA) is 0 Å². The highest BCUT2D eigenvalue weighted by molar-refractivity contribution is 9.09. The molecule has 3 heteroatoms. The number of aryl methyl sites for hydroxylation is 1. The lowest BCUT2D eigenvalue weighted by Gasteiger charge is -2.13. The first-order valence-corrected chi connectivity index (χ1v) is 8.57. The first kappa shape index (κ1) is 16.5. The molecule has 0 spiro atoms. The molecular weight excluding hydrogens is 351 g/mol. The third kappa shape index (κ3) is 4.55. The van der Waals surface area contributed by atoms with Crippen LogP contribution in [0.25, 0.3) is 0 Å². The fourth-order valence-corrected chi connectivity index (χ4v) is 3.17. The monoisotopic (exact) mass is 368 g/mol. The SMILES string of the molecule is CCCCc1ccc(C(Br)Cc2c(F)cccc2Cl)cc1. The number of rotatable bonds is 6. The fourth-order valence-electron chi connectivity index (χ4n) is 2.30. The van der Waals surface area contributed by atoms with Crippen LogP contribution in [0.15, 0.2) is 42.5 Å². The number of alkyl halides is 1. The zero-order valence-corrected chi connectivity index (χ0v) is 14.4. The van der Waals surface area contributed by atoms with Gasteiger partial charge in [-0.15, -0.1) is 0 Å². The molecule has 112 valence electrons. The van der Waals surface area contributed by atoms with E-state index in [9.17, 15) is 4.39 Å². The van der Waals surface area contributed by atoms with E-state index in [2.05, 4.69) is 47.1 Å². The summed E-state index contributed by atoms with van der Waals surface area (Å²) >= 11 is 9.73. The molecule has 0 aliphatic carbocycles. The number of hydrogen-bond donors (Lipinski definition) is 0. The molecule has 0 radical (unpaired) electrons. The smallest absolute Gasteiger partial charge is 0.127 e. The standard InChI is InChI=1S/C18H19BrClF/c1-2-3-5-13-8-10-14(11-9-13)16(19)12-15-17(20)6-4-7-18(15)21/h4,6-11,16H,2-3,5,12H2,1H3. The van der Waals surface area contributed by atoms with Crippen molar-refractivity contribution in [3.05, 3.63) is 70.0 Å². The normalized spacial score (nSPS) is 12.4. The highest BCUT2D eigenvalue weighted by atomic mass is 79.9. The first-order valence-electron chi connectivity index (χ1n) is 7.27. The predicted octanol–water partition coefficient (Wildman–Crippen LogP) is 6.50. The van der Waals surface area contributed by atoms with E-state index < -0.39 is 0 Å². The fraction of sp³-hybridized carbons (Fsp3) is 0.333. The van der Waals surface area contributed by atoms with Gasteiger partial charge in [0.25, 0.3) is 0 Å². The van der Waals surface area contributed by atoms with Crippen molar-refractivity contribution in [2.24, 2.45) is 0 Å². The zero-order chi connectivity index (χ0) is 15.2. The molecule has 0 fully saturated rings. The molecule has 1 unspecified atom stereocenters. The van der Waals surface area contributed by atoms with Crippen LogP contribution in [0.4, 0.5) is 4.39 Å². The quantitative estimate of drug-likeness (QED) is 0.510. The van der Waals surface area contributed by atoms with Gasteiger partial charge < -0.3 is 0 Å². The molecule has 0 heterocycles. The number of halogens is 3. The largest absolute Gasteiger partial charge is 0.207 e. The van der Waals surface area contributed by atoms with Crippen molar-refractivity contribution in [1.29, 1.82) is 0 Å². The van der Waals surface area contributed by atoms with E-state index in [1.807, 2.05) is 0 Å². The van der Waals surface area contributed by atoms with Crippen molar-refractivity contribution < 1.29 is 4.39 Å². The Bertz CT molecular complexity index is 560. The van der Waals surface area contributed by atoms with Crippen molar-refractivity contribution >= 4 is 27.5 Å². The van der Waals surface area contributed by atoms with Crippen LogP contribution in [0.2, 0.25) is 5.02 Å². The van der Waals surface area contributed by atoms with Gasteiger partial charge in [-0.1, -0.05) is 71.2 Å². The number of benzene rings is 2. The van der Waals surface area contributed by atoms with E-state index in [-0.39, 0.29) is 10.6 Å². The van der Waals surface area contributed by atoms with Gasteiger partial charge in [0.05, 0.1) is 0 Å². The summed E-state index contributed by atoms with van der Waals surface area (Å²) in [6.45, 7) is 2.20. The summed E-state index contributed by atoms with van der Waals surface area (Å²) in [7, 11) is 0. The van der Waals surface area contributed by atoms with E-state index in [4.69, 9.17) is 11.6 Å². The van der Waals surface area contributed by atoms with Gasteiger partial charge in [0, 0.05) is 15.4 Å². The molecule has 0 nitrogen and oxygen atoms in total. The van der Waals surface area contributed by atoms with Crippen molar-refractivity contribution in [3.8, 4) is 0 Å². The molecule has 0 N–H and O–H groups in total. The summed E-state index contributed by atoms with van der Waals surface area (Å²) in [6, 6.07) is 13.3. The van der Waals surface area contributed by atoms with Crippen LogP contribution in [0.3, 0.4) is 0 Å². The first-order chi connectivity index (χ1) is 10.1. The Morgan fingerprint density at radius 3 is 2.48 bits per heavy atom. The molecule has 0 aliphatic rings. The maximum Gasteiger partial charge on any atom is 0.127 e. The van der Waals surface area contributed by atoms with Crippen molar-refractivity contribution in [2.45, 2.75) is 37.4 Å². The van der Waals surface area contributed by atoms with Gasteiger partial charge in [-0.2, -0.15) is 0 Å². The summed E-state index contributed by atoms with van der Waals surface area (Å²) < 4.78 is 13.8. The molecule has 0 amide bonds. The van der Waals surface area contributed by atoms with Crippen LogP contribution < -0.4 is 0 Å². The molecule has 0 aromatic heterocycles. The van der Waals surface area contributed by atoms with Crippen molar-refractivity contribution in [1.82, 2.24) is 0 Å². The number of unbranched alkanes of at least 4 members (excludes halogenated alkanes) is 1. The Morgan fingerprint density at radius 2 is 1.86 bits per heavy atom. The van der Waals surface area contributed by atoms with Crippen molar-refractivity contribution in [3.63, 3.8) is 0 Å². The van der Waals surface area contributed by atoms with Gasteiger partial charge in [-0.25, -0.2) is 4.39 Å². The predicted molar refractivity (Wildman–Crippen MR) is 91.8 cm³/mol. The molecule has 2 aromatic carbocycles. The average Bonchev–Trinajstić information content (AvgIpc) is 2.49. The lowest BCUT2D eigenvalue weighted by molar-refractivity contribution is 0.608. The van der Waals surface area contributed by atoms with E-state index in [1.54, 1.807) is 12.1 Å². The van der Waals surface area contributed by atoms with Crippen molar-refractivity contribution in [2.75, 3.05) is 0 Å². The Morgan fingerprint density at radius 1 is 1.14 bits per heavy atom. The maximum atomic E-state index is 13.8. The van der Waals surface area contributed by atoms with Crippen LogP contribution in [0.5, 0.6) is 0 Å². The second kappa shape index (κ2) is 7.95. The second-order valence-electron chi connectivity index (χ2n) is 5.22. The molecule has 1 atom stereocenters. The molecule has 21 heavy (non-hydrogen) atoms. The summed E-state index contributed by atoms with van der Waals surface area (Å²) in [6.07, 6.45) is 4.07. The Balaban J connectivity index is 2.08. The molecule has 0 bridgehead atoms. The highest BCUT2D eigenvalue weighted by Gasteiger charge is 2.14. The number of hydrogen-bond acceptors (Lipinski definition) is 0. The molecule has 0 aliphatic heterocycles. The minimum Gasteiger partial charge on any atom is -0.207 e. The Hall–Kier alpha value is -0.860.